The SMILES string of the molecule is Cc1ccc(-c2csc(NC(=O)CNCC3CC3)n2)s1. The maximum atomic E-state index is 11.8. The normalized spacial score (nSPS) is 14.4. The minimum atomic E-state index is -0.0195. The van der Waals surface area contributed by atoms with Crippen LogP contribution in [0.15, 0.2) is 17.5 Å². The Morgan fingerprint density at radius 1 is 1.45 bits per heavy atom. The van der Waals surface area contributed by atoms with Crippen LogP contribution in [0.3, 0.4) is 0 Å². The maximum Gasteiger partial charge on any atom is 0.240 e. The number of aromatic nitrogens is 1. The highest BCUT2D eigenvalue weighted by Crippen LogP contribution is 2.30. The van der Waals surface area contributed by atoms with Crippen LogP contribution in [0.25, 0.3) is 10.6 Å². The predicted octanol–water partition coefficient (Wildman–Crippen LogP) is 3.12. The van der Waals surface area contributed by atoms with E-state index >= 15 is 0 Å². The first-order valence-corrected chi connectivity index (χ1v) is 8.43. The van der Waals surface area contributed by atoms with Crippen molar-refractivity contribution in [3.05, 3.63) is 22.4 Å². The second-order valence-corrected chi connectivity index (χ2v) is 7.22. The van der Waals surface area contributed by atoms with Crippen molar-refractivity contribution >= 4 is 33.7 Å². The van der Waals surface area contributed by atoms with Crippen molar-refractivity contribution in [2.75, 3.05) is 18.4 Å². The van der Waals surface area contributed by atoms with E-state index in [4.69, 9.17) is 0 Å². The Hall–Kier alpha value is -1.24. The average Bonchev–Trinajstić information content (AvgIpc) is 2.94. The number of amides is 1. The number of hydrogen-bond donors (Lipinski definition) is 2. The highest BCUT2D eigenvalue weighted by atomic mass is 32.1. The number of nitrogens with zero attached hydrogens (tertiary/aromatic N) is 1. The van der Waals surface area contributed by atoms with Gasteiger partial charge in [-0.05, 0) is 44.4 Å². The molecule has 2 N–H and O–H groups in total. The molecular weight excluding hydrogens is 290 g/mol. The third kappa shape index (κ3) is 3.65. The summed E-state index contributed by atoms with van der Waals surface area (Å²) in [6.07, 6.45) is 2.59. The van der Waals surface area contributed by atoms with Gasteiger partial charge in [-0.3, -0.25) is 4.79 Å². The number of carbonyl (C=O) groups excluding carboxylic acids is 1. The van der Waals surface area contributed by atoms with E-state index in [1.165, 1.54) is 29.1 Å². The lowest BCUT2D eigenvalue weighted by atomic mass is 10.4. The van der Waals surface area contributed by atoms with Gasteiger partial charge < -0.3 is 10.6 Å². The zero-order valence-corrected chi connectivity index (χ0v) is 12.9. The van der Waals surface area contributed by atoms with E-state index in [2.05, 4.69) is 34.7 Å². The largest absolute Gasteiger partial charge is 0.308 e. The summed E-state index contributed by atoms with van der Waals surface area (Å²) in [6.45, 7) is 3.39. The third-order valence-electron chi connectivity index (χ3n) is 3.16. The molecule has 1 saturated carbocycles. The predicted molar refractivity (Wildman–Crippen MR) is 84.4 cm³/mol. The van der Waals surface area contributed by atoms with E-state index < -0.39 is 0 Å². The van der Waals surface area contributed by atoms with Crippen LogP contribution >= 0.6 is 22.7 Å². The van der Waals surface area contributed by atoms with Crippen LogP contribution in [0.2, 0.25) is 0 Å². The standard InChI is InChI=1S/C14H17N3OS2/c1-9-2-5-12(20-9)11-8-19-14(16-11)17-13(18)7-15-6-10-3-4-10/h2,5,8,10,15H,3-4,6-7H2,1H3,(H,16,17,18). The molecule has 4 nitrogen and oxygen atoms in total. The van der Waals surface area contributed by atoms with Crippen LogP contribution in [0.1, 0.15) is 17.7 Å². The molecule has 106 valence electrons. The minimum Gasteiger partial charge on any atom is -0.308 e. The Bertz CT molecular complexity index is 601. The lowest BCUT2D eigenvalue weighted by Crippen LogP contribution is -2.29. The lowest BCUT2D eigenvalue weighted by Gasteiger charge is -2.03. The van der Waals surface area contributed by atoms with E-state index in [9.17, 15) is 4.79 Å². The highest BCUT2D eigenvalue weighted by Gasteiger charge is 2.20. The molecule has 0 saturated heterocycles. The monoisotopic (exact) mass is 307 g/mol. The summed E-state index contributed by atoms with van der Waals surface area (Å²) in [5, 5.41) is 8.67. The van der Waals surface area contributed by atoms with E-state index in [0.717, 1.165) is 23.0 Å². The van der Waals surface area contributed by atoms with Crippen molar-refractivity contribution in [2.24, 2.45) is 5.92 Å². The zero-order valence-electron chi connectivity index (χ0n) is 11.3. The first-order valence-electron chi connectivity index (χ1n) is 6.73. The molecule has 1 aliphatic carbocycles. The van der Waals surface area contributed by atoms with Crippen molar-refractivity contribution in [3.8, 4) is 10.6 Å². The number of rotatable bonds is 6. The smallest absolute Gasteiger partial charge is 0.240 e. The van der Waals surface area contributed by atoms with Gasteiger partial charge in [-0.25, -0.2) is 4.98 Å². The number of carbonyl (C=O) groups is 1. The molecule has 0 unspecified atom stereocenters. The Morgan fingerprint density at radius 2 is 2.30 bits per heavy atom. The Labute approximate surface area is 126 Å². The number of nitrogens with one attached hydrogen (secondary N) is 2. The quantitative estimate of drug-likeness (QED) is 0.862. The van der Waals surface area contributed by atoms with E-state index in [1.54, 1.807) is 11.3 Å². The summed E-state index contributed by atoms with van der Waals surface area (Å²) < 4.78 is 0. The topological polar surface area (TPSA) is 54.0 Å². The van der Waals surface area contributed by atoms with Crippen LogP contribution in [0, 0.1) is 12.8 Å². The van der Waals surface area contributed by atoms with Gasteiger partial charge in [0.25, 0.3) is 0 Å². The van der Waals surface area contributed by atoms with Gasteiger partial charge in [0, 0.05) is 10.3 Å². The highest BCUT2D eigenvalue weighted by molar-refractivity contribution is 7.17. The van der Waals surface area contributed by atoms with Gasteiger partial charge in [-0.2, -0.15) is 0 Å². The summed E-state index contributed by atoms with van der Waals surface area (Å²) in [5.74, 6) is 0.769. The molecule has 6 heteroatoms. The van der Waals surface area contributed by atoms with E-state index in [1.807, 2.05) is 5.38 Å². The summed E-state index contributed by atoms with van der Waals surface area (Å²) in [5.41, 5.74) is 0.939. The summed E-state index contributed by atoms with van der Waals surface area (Å²) in [7, 11) is 0. The van der Waals surface area contributed by atoms with Gasteiger partial charge in [0.1, 0.15) is 0 Å². The maximum absolute atomic E-state index is 11.8. The van der Waals surface area contributed by atoms with Gasteiger partial charge in [-0.15, -0.1) is 22.7 Å². The third-order valence-corrected chi connectivity index (χ3v) is 4.94. The summed E-state index contributed by atoms with van der Waals surface area (Å²) in [4.78, 5) is 18.6. The van der Waals surface area contributed by atoms with Crippen molar-refractivity contribution in [1.82, 2.24) is 10.3 Å². The van der Waals surface area contributed by atoms with Crippen molar-refractivity contribution in [2.45, 2.75) is 19.8 Å². The van der Waals surface area contributed by atoms with Crippen molar-refractivity contribution in [3.63, 3.8) is 0 Å². The Balaban J connectivity index is 1.52. The van der Waals surface area contributed by atoms with Gasteiger partial charge >= 0.3 is 0 Å². The molecule has 0 spiro atoms. The van der Waals surface area contributed by atoms with Crippen LogP contribution in [0.5, 0.6) is 0 Å². The molecule has 20 heavy (non-hydrogen) atoms. The van der Waals surface area contributed by atoms with Gasteiger partial charge in [0.05, 0.1) is 17.1 Å². The average molecular weight is 307 g/mol. The molecule has 3 rings (SSSR count). The minimum absolute atomic E-state index is 0.0195. The van der Waals surface area contributed by atoms with Gasteiger partial charge in [-0.1, -0.05) is 0 Å². The molecule has 0 bridgehead atoms. The van der Waals surface area contributed by atoms with Gasteiger partial charge in [0.2, 0.25) is 5.91 Å². The van der Waals surface area contributed by atoms with E-state index in [-0.39, 0.29) is 5.91 Å². The molecule has 1 amide bonds. The fraction of sp³-hybridized carbons (Fsp3) is 0.429. The van der Waals surface area contributed by atoms with Crippen LogP contribution in [-0.2, 0) is 4.79 Å². The van der Waals surface area contributed by atoms with Gasteiger partial charge in [0.15, 0.2) is 5.13 Å². The van der Waals surface area contributed by atoms with E-state index in [0.29, 0.717) is 11.7 Å². The Morgan fingerprint density at radius 3 is 3.00 bits per heavy atom. The number of anilines is 1. The molecule has 2 aromatic rings. The molecule has 1 aliphatic rings. The first-order chi connectivity index (χ1) is 9.70. The Kier molecular flexibility index (Phi) is 4.14. The summed E-state index contributed by atoms with van der Waals surface area (Å²) in [6, 6.07) is 4.15. The fourth-order valence-corrected chi connectivity index (χ4v) is 3.52. The molecule has 0 radical (unpaired) electrons. The molecule has 0 aromatic carbocycles. The molecular formula is C14H17N3OS2. The molecule has 1 fully saturated rings. The number of thiophene rings is 1. The lowest BCUT2D eigenvalue weighted by molar-refractivity contribution is -0.115. The number of hydrogen-bond acceptors (Lipinski definition) is 5. The molecule has 0 atom stereocenters. The van der Waals surface area contributed by atoms with Crippen molar-refractivity contribution < 1.29 is 4.79 Å². The molecule has 0 aliphatic heterocycles. The van der Waals surface area contributed by atoms with Crippen LogP contribution in [-0.4, -0.2) is 24.0 Å². The number of thiazole rings is 1. The summed E-state index contributed by atoms with van der Waals surface area (Å²) >= 11 is 3.19. The molecule has 2 heterocycles. The van der Waals surface area contributed by atoms with Crippen LogP contribution < -0.4 is 10.6 Å². The zero-order chi connectivity index (χ0) is 13.9. The first kappa shape index (κ1) is 13.7. The molecule has 2 aromatic heterocycles. The van der Waals surface area contributed by atoms with Crippen molar-refractivity contribution in [1.29, 1.82) is 0 Å². The number of aryl methyl sites for hydroxylation is 1. The second kappa shape index (κ2) is 6.03. The second-order valence-electron chi connectivity index (χ2n) is 5.07. The fourth-order valence-electron chi connectivity index (χ4n) is 1.89. The van der Waals surface area contributed by atoms with Crippen LogP contribution in [0.4, 0.5) is 5.13 Å².